The molecule has 16 heteroatoms. The number of alkyl carbamates (subject to hydrolysis) is 2. The SMILES string of the molecule is CC(C)(C)OC(=O)NC(=NCCCC(NC(=O)/C(C#N)=C/c1ccc(O)cc1)C(=O)ON1C(=O)CCC1=O)NC(=O)OC(C)(C)C. The van der Waals surface area contributed by atoms with Gasteiger partial charge in [-0.1, -0.05) is 12.1 Å². The molecule has 0 spiro atoms. The van der Waals surface area contributed by atoms with Gasteiger partial charge in [0.2, 0.25) is 5.96 Å². The summed E-state index contributed by atoms with van der Waals surface area (Å²) < 4.78 is 10.4. The topological polar surface area (TPSA) is 226 Å². The van der Waals surface area contributed by atoms with E-state index in [1.54, 1.807) is 47.6 Å². The highest BCUT2D eigenvalue weighted by Gasteiger charge is 2.35. The molecule has 0 bridgehead atoms. The van der Waals surface area contributed by atoms with Gasteiger partial charge in [0, 0.05) is 19.4 Å². The van der Waals surface area contributed by atoms with E-state index in [0.29, 0.717) is 10.6 Å². The third kappa shape index (κ3) is 13.0. The lowest BCUT2D eigenvalue weighted by molar-refractivity contribution is -0.199. The smallest absolute Gasteiger partial charge is 0.414 e. The Morgan fingerprint density at radius 2 is 1.50 bits per heavy atom. The Morgan fingerprint density at radius 3 is 1.98 bits per heavy atom. The van der Waals surface area contributed by atoms with Crippen molar-refractivity contribution in [3.63, 3.8) is 0 Å². The summed E-state index contributed by atoms with van der Waals surface area (Å²) in [4.78, 5) is 83.8. The van der Waals surface area contributed by atoms with E-state index in [-0.39, 0.29) is 49.5 Å². The van der Waals surface area contributed by atoms with Crippen molar-refractivity contribution < 1.29 is 48.2 Å². The molecule has 0 saturated carbocycles. The average Bonchev–Trinajstić information content (AvgIpc) is 3.24. The van der Waals surface area contributed by atoms with Gasteiger partial charge in [0.25, 0.3) is 17.7 Å². The van der Waals surface area contributed by atoms with Crippen LogP contribution in [-0.4, -0.2) is 75.8 Å². The second-order valence-electron chi connectivity index (χ2n) is 11.9. The Kier molecular flexibility index (Phi) is 12.8. The molecule has 1 aromatic rings. The fourth-order valence-corrected chi connectivity index (χ4v) is 3.58. The van der Waals surface area contributed by atoms with Gasteiger partial charge in [0.15, 0.2) is 0 Å². The van der Waals surface area contributed by atoms with E-state index >= 15 is 0 Å². The normalized spacial score (nSPS) is 14.0. The predicted octanol–water partition coefficient (Wildman–Crippen LogP) is 2.58. The number of phenolic OH excluding ortho intramolecular Hbond substituents is 1. The summed E-state index contributed by atoms with van der Waals surface area (Å²) in [7, 11) is 0. The van der Waals surface area contributed by atoms with Crippen LogP contribution < -0.4 is 16.0 Å². The first-order valence-corrected chi connectivity index (χ1v) is 14.2. The number of guanidine groups is 1. The van der Waals surface area contributed by atoms with Crippen LogP contribution in [0.1, 0.15) is 72.8 Å². The van der Waals surface area contributed by atoms with E-state index in [9.17, 15) is 39.1 Å². The summed E-state index contributed by atoms with van der Waals surface area (Å²) in [6, 6.07) is 5.91. The maximum Gasteiger partial charge on any atom is 0.414 e. The van der Waals surface area contributed by atoms with Crippen LogP contribution in [0.2, 0.25) is 0 Å². The molecule has 46 heavy (non-hydrogen) atoms. The van der Waals surface area contributed by atoms with Crippen LogP contribution in [-0.2, 0) is 33.5 Å². The molecule has 5 amide bonds. The lowest BCUT2D eigenvalue weighted by Gasteiger charge is -2.22. The first kappa shape index (κ1) is 36.7. The van der Waals surface area contributed by atoms with Gasteiger partial charge in [-0.15, -0.1) is 5.06 Å². The van der Waals surface area contributed by atoms with E-state index < -0.39 is 53.1 Å². The van der Waals surface area contributed by atoms with Gasteiger partial charge >= 0.3 is 18.2 Å². The number of amides is 5. The number of hydrogen-bond acceptors (Lipinski definition) is 12. The molecule has 1 aliphatic rings. The number of hydroxylamine groups is 2. The summed E-state index contributed by atoms with van der Waals surface area (Å²) in [6.45, 7) is 9.70. The minimum atomic E-state index is -1.46. The standard InChI is InChI=1S/C30H38N6O10/c1-29(2,3)44-27(42)34-26(35-28(43)45-30(4,5)6)32-15-7-8-21(25(41)46-36-22(38)13-14-23(36)39)33-24(40)19(17-31)16-18-9-11-20(37)12-10-18/h9-12,16,21,37H,7-8,13-15H2,1-6H3,(H,33,40)(H2,32,34,35,42,43)/b19-16+. The first-order valence-electron chi connectivity index (χ1n) is 14.2. The number of nitriles is 1. The van der Waals surface area contributed by atoms with Crippen molar-refractivity contribution in [2.45, 2.75) is 84.5 Å². The zero-order chi connectivity index (χ0) is 34.7. The molecule has 4 N–H and O–H groups in total. The number of nitrogens with zero attached hydrogens (tertiary/aromatic N) is 3. The molecule has 0 aliphatic carbocycles. The van der Waals surface area contributed by atoms with Crippen molar-refractivity contribution in [3.05, 3.63) is 35.4 Å². The van der Waals surface area contributed by atoms with Gasteiger partial charge in [-0.2, -0.15) is 5.26 Å². The summed E-state index contributed by atoms with van der Waals surface area (Å²) in [5.41, 5.74) is -1.69. The molecule has 1 atom stereocenters. The molecule has 2 rings (SSSR count). The third-order valence-corrected chi connectivity index (χ3v) is 5.51. The van der Waals surface area contributed by atoms with Crippen LogP contribution in [0.5, 0.6) is 5.75 Å². The van der Waals surface area contributed by atoms with E-state index in [0.717, 1.165) is 0 Å². The number of carbonyl (C=O) groups excluding carboxylic acids is 6. The number of ether oxygens (including phenoxy) is 2. The van der Waals surface area contributed by atoms with Gasteiger partial charge < -0.3 is 24.7 Å². The van der Waals surface area contributed by atoms with Crippen LogP contribution in [0.3, 0.4) is 0 Å². The Morgan fingerprint density at radius 1 is 0.978 bits per heavy atom. The molecule has 1 aliphatic heterocycles. The lowest BCUT2D eigenvalue weighted by Crippen LogP contribution is -2.47. The number of carbonyl (C=O) groups is 6. The molecule has 1 heterocycles. The number of aliphatic imine (C=N–C) groups is 1. The summed E-state index contributed by atoms with van der Waals surface area (Å²) in [6.07, 6.45) is -1.05. The van der Waals surface area contributed by atoms with Crippen LogP contribution >= 0.6 is 0 Å². The van der Waals surface area contributed by atoms with Crippen molar-refractivity contribution in [2.24, 2.45) is 4.99 Å². The number of nitrogens with one attached hydrogen (secondary N) is 3. The number of rotatable bonds is 9. The van der Waals surface area contributed by atoms with E-state index in [1.807, 2.05) is 0 Å². The summed E-state index contributed by atoms with van der Waals surface area (Å²) in [5.74, 6) is -3.92. The molecule has 248 valence electrons. The van der Waals surface area contributed by atoms with Gasteiger partial charge in [0.1, 0.15) is 34.6 Å². The Bertz CT molecular complexity index is 1380. The second kappa shape index (κ2) is 16.0. The van der Waals surface area contributed by atoms with Crippen LogP contribution in [0.25, 0.3) is 6.08 Å². The van der Waals surface area contributed by atoms with E-state index in [4.69, 9.17) is 14.3 Å². The quantitative estimate of drug-likeness (QED) is 0.0764. The molecular formula is C30H38N6O10. The molecule has 1 unspecified atom stereocenters. The third-order valence-electron chi connectivity index (χ3n) is 5.51. The van der Waals surface area contributed by atoms with Crippen molar-refractivity contribution in [1.29, 1.82) is 5.26 Å². The summed E-state index contributed by atoms with van der Waals surface area (Å²) in [5, 5.41) is 26.4. The monoisotopic (exact) mass is 642 g/mol. The number of benzene rings is 1. The zero-order valence-electron chi connectivity index (χ0n) is 26.5. The van der Waals surface area contributed by atoms with Crippen LogP contribution in [0.15, 0.2) is 34.8 Å². The molecule has 0 radical (unpaired) electrons. The number of hydrogen-bond donors (Lipinski definition) is 4. The maximum atomic E-state index is 13.0. The number of aromatic hydroxyl groups is 1. The highest BCUT2D eigenvalue weighted by Crippen LogP contribution is 2.16. The summed E-state index contributed by atoms with van der Waals surface area (Å²) >= 11 is 0. The molecule has 16 nitrogen and oxygen atoms in total. The fraction of sp³-hybridized carbons (Fsp3) is 0.467. The molecule has 0 aromatic heterocycles. The first-order chi connectivity index (χ1) is 21.4. The molecule has 1 saturated heterocycles. The fourth-order valence-electron chi connectivity index (χ4n) is 3.58. The minimum absolute atomic E-state index is 0.0256. The highest BCUT2D eigenvalue weighted by atomic mass is 16.7. The Balaban J connectivity index is 2.23. The number of imide groups is 1. The average molecular weight is 643 g/mol. The molecule has 1 aromatic carbocycles. The minimum Gasteiger partial charge on any atom is -0.508 e. The molecule has 1 fully saturated rings. The Labute approximate surface area is 265 Å². The lowest BCUT2D eigenvalue weighted by atomic mass is 10.1. The van der Waals surface area contributed by atoms with E-state index in [2.05, 4.69) is 20.9 Å². The van der Waals surface area contributed by atoms with Gasteiger partial charge in [-0.3, -0.25) is 30.0 Å². The van der Waals surface area contributed by atoms with Gasteiger partial charge in [-0.25, -0.2) is 14.4 Å². The molecular weight excluding hydrogens is 604 g/mol. The van der Waals surface area contributed by atoms with Crippen LogP contribution in [0.4, 0.5) is 9.59 Å². The van der Waals surface area contributed by atoms with Crippen molar-refractivity contribution in [2.75, 3.05) is 6.54 Å². The maximum absolute atomic E-state index is 13.0. The zero-order valence-corrected chi connectivity index (χ0v) is 26.5. The predicted molar refractivity (Wildman–Crippen MR) is 161 cm³/mol. The van der Waals surface area contributed by atoms with Crippen LogP contribution in [0, 0.1) is 11.3 Å². The number of phenols is 1. The second-order valence-corrected chi connectivity index (χ2v) is 11.9. The van der Waals surface area contributed by atoms with Gasteiger partial charge in [-0.05, 0) is 78.2 Å². The van der Waals surface area contributed by atoms with Crippen molar-refractivity contribution >= 4 is 47.9 Å². The highest BCUT2D eigenvalue weighted by molar-refractivity contribution is 6.04. The van der Waals surface area contributed by atoms with Crippen molar-refractivity contribution in [3.8, 4) is 11.8 Å². The van der Waals surface area contributed by atoms with Gasteiger partial charge in [0.05, 0.1) is 0 Å². The Hall–Kier alpha value is -5.46. The van der Waals surface area contributed by atoms with Crippen molar-refractivity contribution in [1.82, 2.24) is 21.0 Å². The largest absolute Gasteiger partial charge is 0.508 e. The van der Waals surface area contributed by atoms with E-state index in [1.165, 1.54) is 30.3 Å².